The van der Waals surface area contributed by atoms with Gasteiger partial charge < -0.3 is 14.8 Å². The SMILES string of the molecule is Cc1ccc(C)c(C(C)NC(=O)CCCN(c2ccc3c(c2)OCO3)S(C)(=O)=O)c1. The number of nitrogens with one attached hydrogen (secondary N) is 1. The summed E-state index contributed by atoms with van der Waals surface area (Å²) in [5.74, 6) is 0.996. The summed E-state index contributed by atoms with van der Waals surface area (Å²) >= 11 is 0. The van der Waals surface area contributed by atoms with E-state index < -0.39 is 10.0 Å². The molecule has 1 aliphatic rings. The van der Waals surface area contributed by atoms with E-state index in [9.17, 15) is 13.2 Å². The first-order valence-electron chi connectivity index (χ1n) is 9.89. The molecule has 162 valence electrons. The van der Waals surface area contributed by atoms with Gasteiger partial charge in [0.05, 0.1) is 18.0 Å². The number of hydrogen-bond acceptors (Lipinski definition) is 5. The van der Waals surface area contributed by atoms with Crippen LogP contribution in [0.1, 0.15) is 42.5 Å². The molecule has 0 fully saturated rings. The van der Waals surface area contributed by atoms with Crippen molar-refractivity contribution < 1.29 is 22.7 Å². The molecule has 8 heteroatoms. The van der Waals surface area contributed by atoms with Gasteiger partial charge in [-0.2, -0.15) is 0 Å². The molecule has 1 aliphatic heterocycles. The van der Waals surface area contributed by atoms with Gasteiger partial charge in [0, 0.05) is 19.0 Å². The first-order chi connectivity index (χ1) is 14.1. The van der Waals surface area contributed by atoms with E-state index in [4.69, 9.17) is 9.47 Å². The highest BCUT2D eigenvalue weighted by atomic mass is 32.2. The van der Waals surface area contributed by atoms with Gasteiger partial charge >= 0.3 is 0 Å². The van der Waals surface area contributed by atoms with Crippen LogP contribution in [0.15, 0.2) is 36.4 Å². The fourth-order valence-corrected chi connectivity index (χ4v) is 4.49. The number of nitrogens with zero attached hydrogens (tertiary/aromatic N) is 1. The van der Waals surface area contributed by atoms with Crippen LogP contribution >= 0.6 is 0 Å². The van der Waals surface area contributed by atoms with Crippen LogP contribution in [0, 0.1) is 13.8 Å². The van der Waals surface area contributed by atoms with Crippen molar-refractivity contribution in [3.8, 4) is 11.5 Å². The van der Waals surface area contributed by atoms with Gasteiger partial charge in [0.1, 0.15) is 0 Å². The maximum Gasteiger partial charge on any atom is 0.232 e. The number of carbonyl (C=O) groups is 1. The Bertz CT molecular complexity index is 1040. The monoisotopic (exact) mass is 432 g/mol. The Kier molecular flexibility index (Phi) is 6.55. The zero-order valence-corrected chi connectivity index (χ0v) is 18.6. The second-order valence-electron chi connectivity index (χ2n) is 7.63. The van der Waals surface area contributed by atoms with Crippen LogP contribution in [0.2, 0.25) is 0 Å². The van der Waals surface area contributed by atoms with E-state index in [1.165, 1.54) is 4.31 Å². The van der Waals surface area contributed by atoms with Crippen LogP contribution in [-0.4, -0.2) is 33.9 Å². The number of sulfonamides is 1. The number of hydrogen-bond donors (Lipinski definition) is 1. The molecule has 1 heterocycles. The molecule has 1 amide bonds. The van der Waals surface area contributed by atoms with Crippen LogP contribution in [0.4, 0.5) is 5.69 Å². The highest BCUT2D eigenvalue weighted by Crippen LogP contribution is 2.36. The molecular formula is C22H28N2O5S. The number of rotatable bonds is 8. The molecule has 0 saturated carbocycles. The minimum atomic E-state index is -3.50. The van der Waals surface area contributed by atoms with Crippen molar-refractivity contribution in [3.63, 3.8) is 0 Å². The number of aryl methyl sites for hydroxylation is 2. The summed E-state index contributed by atoms with van der Waals surface area (Å²) in [4.78, 5) is 12.4. The summed E-state index contributed by atoms with van der Waals surface area (Å²) in [6, 6.07) is 11.1. The number of carbonyl (C=O) groups excluding carboxylic acids is 1. The van der Waals surface area contributed by atoms with Crippen LogP contribution in [0.5, 0.6) is 11.5 Å². The Morgan fingerprint density at radius 2 is 1.87 bits per heavy atom. The molecule has 30 heavy (non-hydrogen) atoms. The van der Waals surface area contributed by atoms with Crippen molar-refractivity contribution in [3.05, 3.63) is 53.1 Å². The van der Waals surface area contributed by atoms with E-state index in [2.05, 4.69) is 11.4 Å². The van der Waals surface area contributed by atoms with Gasteiger partial charge in [-0.3, -0.25) is 9.10 Å². The smallest absolute Gasteiger partial charge is 0.232 e. The molecule has 0 spiro atoms. The molecule has 0 bridgehead atoms. The minimum Gasteiger partial charge on any atom is -0.454 e. The van der Waals surface area contributed by atoms with Crippen molar-refractivity contribution in [2.45, 2.75) is 39.7 Å². The molecule has 2 aromatic carbocycles. The molecule has 0 aromatic heterocycles. The highest BCUT2D eigenvalue weighted by Gasteiger charge is 2.22. The van der Waals surface area contributed by atoms with E-state index >= 15 is 0 Å². The number of amides is 1. The quantitative estimate of drug-likeness (QED) is 0.691. The maximum absolute atomic E-state index is 12.4. The molecule has 0 aliphatic carbocycles. The zero-order valence-electron chi connectivity index (χ0n) is 17.8. The Morgan fingerprint density at radius 3 is 2.60 bits per heavy atom. The Labute approximate surface area is 178 Å². The summed E-state index contributed by atoms with van der Waals surface area (Å²) in [5.41, 5.74) is 3.84. The lowest BCUT2D eigenvalue weighted by Crippen LogP contribution is -2.32. The lowest BCUT2D eigenvalue weighted by Gasteiger charge is -2.23. The van der Waals surface area contributed by atoms with Crippen LogP contribution in [0.25, 0.3) is 0 Å². The molecule has 7 nitrogen and oxygen atoms in total. The third-order valence-electron chi connectivity index (χ3n) is 5.09. The second kappa shape index (κ2) is 8.95. The zero-order chi connectivity index (χ0) is 21.9. The summed E-state index contributed by atoms with van der Waals surface area (Å²) in [5, 5.41) is 3.01. The molecule has 1 atom stereocenters. The average molecular weight is 433 g/mol. The van der Waals surface area contributed by atoms with E-state index in [0.717, 1.165) is 22.9 Å². The van der Waals surface area contributed by atoms with Crippen molar-refractivity contribution in [1.82, 2.24) is 5.32 Å². The third kappa shape index (κ3) is 5.24. The molecule has 0 radical (unpaired) electrons. The first kappa shape index (κ1) is 22.0. The third-order valence-corrected chi connectivity index (χ3v) is 6.28. The van der Waals surface area contributed by atoms with Gasteiger partial charge in [-0.1, -0.05) is 23.8 Å². The topological polar surface area (TPSA) is 84.9 Å². The summed E-state index contributed by atoms with van der Waals surface area (Å²) < 4.78 is 36.5. The van der Waals surface area contributed by atoms with Gasteiger partial charge in [0.25, 0.3) is 0 Å². The maximum atomic E-state index is 12.4. The van der Waals surface area contributed by atoms with Crippen molar-refractivity contribution in [1.29, 1.82) is 0 Å². The molecule has 1 unspecified atom stereocenters. The number of benzene rings is 2. The predicted octanol–water partition coefficient (Wildman–Crippen LogP) is 3.46. The van der Waals surface area contributed by atoms with Gasteiger partial charge in [0.2, 0.25) is 22.7 Å². The summed E-state index contributed by atoms with van der Waals surface area (Å²) in [6.07, 6.45) is 1.78. The Hall–Kier alpha value is -2.74. The van der Waals surface area contributed by atoms with Gasteiger partial charge in [-0.15, -0.1) is 0 Å². The van der Waals surface area contributed by atoms with Crippen molar-refractivity contribution >= 4 is 21.6 Å². The van der Waals surface area contributed by atoms with Crippen LogP contribution < -0.4 is 19.1 Å². The summed E-state index contributed by atoms with van der Waals surface area (Å²) in [6.45, 7) is 6.31. The summed E-state index contributed by atoms with van der Waals surface area (Å²) in [7, 11) is -3.50. The second-order valence-corrected chi connectivity index (χ2v) is 9.53. The molecular weight excluding hydrogens is 404 g/mol. The van der Waals surface area contributed by atoms with E-state index in [1.807, 2.05) is 32.9 Å². The number of fused-ring (bicyclic) bond motifs is 1. The Morgan fingerprint density at radius 1 is 1.13 bits per heavy atom. The van der Waals surface area contributed by atoms with Crippen LogP contribution in [-0.2, 0) is 14.8 Å². The standard InChI is InChI=1S/C22H28N2O5S/c1-15-7-8-16(2)19(12-15)17(3)23-22(25)6-5-11-24(30(4,26)27)18-9-10-20-21(13-18)29-14-28-20/h7-10,12-13,17H,5-6,11,14H2,1-4H3,(H,23,25). The first-order valence-corrected chi connectivity index (χ1v) is 11.7. The average Bonchev–Trinajstić information content (AvgIpc) is 3.13. The molecule has 3 rings (SSSR count). The van der Waals surface area contributed by atoms with Crippen molar-refractivity contribution in [2.75, 3.05) is 23.9 Å². The highest BCUT2D eigenvalue weighted by molar-refractivity contribution is 7.92. The van der Waals surface area contributed by atoms with Gasteiger partial charge in [0.15, 0.2) is 11.5 Å². The fraction of sp³-hybridized carbons (Fsp3) is 0.409. The number of anilines is 1. The molecule has 2 aromatic rings. The van der Waals surface area contributed by atoms with E-state index in [-0.39, 0.29) is 31.7 Å². The van der Waals surface area contributed by atoms with E-state index in [1.54, 1.807) is 18.2 Å². The lowest BCUT2D eigenvalue weighted by atomic mass is 10.00. The minimum absolute atomic E-state index is 0.109. The molecule has 1 N–H and O–H groups in total. The normalized spacial score (nSPS) is 13.7. The van der Waals surface area contributed by atoms with Gasteiger partial charge in [-0.25, -0.2) is 8.42 Å². The Balaban J connectivity index is 1.60. The van der Waals surface area contributed by atoms with Gasteiger partial charge in [-0.05, 0) is 50.5 Å². The predicted molar refractivity (Wildman–Crippen MR) is 116 cm³/mol. The lowest BCUT2D eigenvalue weighted by molar-refractivity contribution is -0.121. The molecule has 0 saturated heterocycles. The largest absolute Gasteiger partial charge is 0.454 e. The fourth-order valence-electron chi connectivity index (χ4n) is 3.53. The number of ether oxygens (including phenoxy) is 2. The van der Waals surface area contributed by atoms with Crippen molar-refractivity contribution in [2.24, 2.45) is 0 Å². The van der Waals surface area contributed by atoms with E-state index in [0.29, 0.717) is 23.6 Å². The van der Waals surface area contributed by atoms with Crippen LogP contribution in [0.3, 0.4) is 0 Å².